The Labute approximate surface area is 76.9 Å². The SMILES string of the molecule is COc1nc2c(c(OC)n1)CCC2. The maximum atomic E-state index is 5.17. The molecule has 0 amide bonds. The van der Waals surface area contributed by atoms with Gasteiger partial charge in [-0.25, -0.2) is 0 Å². The Hall–Kier alpha value is -1.32. The second kappa shape index (κ2) is 3.20. The summed E-state index contributed by atoms with van der Waals surface area (Å²) >= 11 is 0. The van der Waals surface area contributed by atoms with Crippen LogP contribution >= 0.6 is 0 Å². The summed E-state index contributed by atoms with van der Waals surface area (Å²) in [6.07, 6.45) is 3.15. The van der Waals surface area contributed by atoms with Gasteiger partial charge in [-0.15, -0.1) is 0 Å². The van der Waals surface area contributed by atoms with E-state index in [-0.39, 0.29) is 0 Å². The van der Waals surface area contributed by atoms with Crippen molar-refractivity contribution in [2.75, 3.05) is 14.2 Å². The normalized spacial score (nSPS) is 14.0. The number of methoxy groups -OCH3 is 2. The van der Waals surface area contributed by atoms with Crippen LogP contribution in [0.5, 0.6) is 11.9 Å². The summed E-state index contributed by atoms with van der Waals surface area (Å²) in [5.74, 6) is 0.666. The van der Waals surface area contributed by atoms with Crippen LogP contribution in [0, 0.1) is 0 Å². The van der Waals surface area contributed by atoms with E-state index in [2.05, 4.69) is 9.97 Å². The standard InChI is InChI=1S/C9H12N2O2/c1-12-8-6-4-3-5-7(6)10-9(11-8)13-2/h3-5H2,1-2H3. The average Bonchev–Trinajstić information content (AvgIpc) is 2.63. The highest BCUT2D eigenvalue weighted by molar-refractivity contribution is 5.35. The molecule has 70 valence electrons. The van der Waals surface area contributed by atoms with Crippen molar-refractivity contribution in [2.24, 2.45) is 0 Å². The summed E-state index contributed by atoms with van der Waals surface area (Å²) in [4.78, 5) is 8.39. The predicted molar refractivity (Wildman–Crippen MR) is 47.2 cm³/mol. The maximum Gasteiger partial charge on any atom is 0.319 e. The smallest absolute Gasteiger partial charge is 0.319 e. The Balaban J connectivity index is 2.49. The largest absolute Gasteiger partial charge is 0.481 e. The summed E-state index contributed by atoms with van der Waals surface area (Å²) in [6.45, 7) is 0. The number of rotatable bonds is 2. The average molecular weight is 180 g/mol. The van der Waals surface area contributed by atoms with Gasteiger partial charge in [0.2, 0.25) is 5.88 Å². The molecule has 1 aromatic heterocycles. The zero-order valence-corrected chi connectivity index (χ0v) is 7.83. The van der Waals surface area contributed by atoms with Crippen LogP contribution in [0.25, 0.3) is 0 Å². The Morgan fingerprint density at radius 2 is 1.92 bits per heavy atom. The van der Waals surface area contributed by atoms with Crippen molar-refractivity contribution in [1.82, 2.24) is 9.97 Å². The third-order valence-corrected chi connectivity index (χ3v) is 2.25. The van der Waals surface area contributed by atoms with Gasteiger partial charge in [0.1, 0.15) is 0 Å². The van der Waals surface area contributed by atoms with Crippen molar-refractivity contribution < 1.29 is 9.47 Å². The molecule has 2 rings (SSSR count). The van der Waals surface area contributed by atoms with Crippen LogP contribution in [0.2, 0.25) is 0 Å². The molecule has 13 heavy (non-hydrogen) atoms. The van der Waals surface area contributed by atoms with Crippen LogP contribution < -0.4 is 9.47 Å². The third-order valence-electron chi connectivity index (χ3n) is 2.25. The first-order valence-electron chi connectivity index (χ1n) is 4.33. The topological polar surface area (TPSA) is 44.2 Å². The van der Waals surface area contributed by atoms with Crippen LogP contribution in [0.4, 0.5) is 0 Å². The molecule has 1 aliphatic carbocycles. The molecule has 0 bridgehead atoms. The molecule has 0 aromatic carbocycles. The Morgan fingerprint density at radius 1 is 1.08 bits per heavy atom. The van der Waals surface area contributed by atoms with E-state index in [9.17, 15) is 0 Å². The van der Waals surface area contributed by atoms with Crippen molar-refractivity contribution in [3.05, 3.63) is 11.3 Å². The predicted octanol–water partition coefficient (Wildman–Crippen LogP) is 0.982. The number of hydrogen-bond donors (Lipinski definition) is 0. The molecule has 0 radical (unpaired) electrons. The van der Waals surface area contributed by atoms with Gasteiger partial charge in [0, 0.05) is 5.56 Å². The summed E-state index contributed by atoms with van der Waals surface area (Å²) in [5, 5.41) is 0. The Bertz CT molecular complexity index is 326. The first-order chi connectivity index (χ1) is 6.35. The van der Waals surface area contributed by atoms with E-state index in [1.54, 1.807) is 14.2 Å². The van der Waals surface area contributed by atoms with E-state index in [1.807, 2.05) is 0 Å². The number of aryl methyl sites for hydroxylation is 1. The zero-order valence-electron chi connectivity index (χ0n) is 7.83. The van der Waals surface area contributed by atoms with Crippen molar-refractivity contribution in [3.63, 3.8) is 0 Å². The lowest BCUT2D eigenvalue weighted by molar-refractivity contribution is 0.348. The lowest BCUT2D eigenvalue weighted by atomic mass is 10.2. The van der Waals surface area contributed by atoms with E-state index in [1.165, 1.54) is 0 Å². The molecule has 0 saturated carbocycles. The fourth-order valence-corrected chi connectivity index (χ4v) is 1.64. The van der Waals surface area contributed by atoms with Crippen molar-refractivity contribution in [3.8, 4) is 11.9 Å². The molecular formula is C9H12N2O2. The molecule has 1 aliphatic rings. The highest BCUT2D eigenvalue weighted by atomic mass is 16.5. The quantitative estimate of drug-likeness (QED) is 0.680. The Morgan fingerprint density at radius 3 is 2.62 bits per heavy atom. The minimum Gasteiger partial charge on any atom is -0.481 e. The second-order valence-electron chi connectivity index (χ2n) is 3.00. The molecule has 0 spiro atoms. The minimum absolute atomic E-state index is 0.400. The summed E-state index contributed by atoms with van der Waals surface area (Å²) in [7, 11) is 3.19. The van der Waals surface area contributed by atoms with E-state index in [0.29, 0.717) is 11.9 Å². The number of aromatic nitrogens is 2. The highest BCUT2D eigenvalue weighted by Crippen LogP contribution is 2.28. The second-order valence-corrected chi connectivity index (χ2v) is 3.00. The van der Waals surface area contributed by atoms with Gasteiger partial charge in [0.05, 0.1) is 19.9 Å². The van der Waals surface area contributed by atoms with Gasteiger partial charge in [-0.3, -0.25) is 0 Å². The fourth-order valence-electron chi connectivity index (χ4n) is 1.64. The number of ether oxygens (including phenoxy) is 2. The van der Waals surface area contributed by atoms with Crippen LogP contribution in [0.3, 0.4) is 0 Å². The number of nitrogens with zero attached hydrogens (tertiary/aromatic N) is 2. The van der Waals surface area contributed by atoms with Crippen LogP contribution in [-0.4, -0.2) is 24.2 Å². The van der Waals surface area contributed by atoms with Crippen molar-refractivity contribution in [1.29, 1.82) is 0 Å². The van der Waals surface area contributed by atoms with E-state index in [0.717, 1.165) is 30.5 Å². The van der Waals surface area contributed by atoms with Crippen molar-refractivity contribution >= 4 is 0 Å². The molecule has 4 heteroatoms. The molecule has 1 heterocycles. The van der Waals surface area contributed by atoms with Crippen LogP contribution in [0.1, 0.15) is 17.7 Å². The molecule has 0 fully saturated rings. The molecule has 0 atom stereocenters. The summed E-state index contributed by atoms with van der Waals surface area (Å²) < 4.78 is 10.1. The molecule has 0 saturated heterocycles. The molecule has 0 N–H and O–H groups in total. The van der Waals surface area contributed by atoms with Gasteiger partial charge in [-0.1, -0.05) is 0 Å². The van der Waals surface area contributed by atoms with Gasteiger partial charge in [-0.2, -0.15) is 9.97 Å². The Kier molecular flexibility index (Phi) is 2.04. The van der Waals surface area contributed by atoms with Gasteiger partial charge >= 0.3 is 6.01 Å². The molecule has 4 nitrogen and oxygen atoms in total. The zero-order chi connectivity index (χ0) is 9.26. The third kappa shape index (κ3) is 1.32. The highest BCUT2D eigenvalue weighted by Gasteiger charge is 2.19. The van der Waals surface area contributed by atoms with Crippen molar-refractivity contribution in [2.45, 2.75) is 19.3 Å². The fraction of sp³-hybridized carbons (Fsp3) is 0.556. The first-order valence-corrected chi connectivity index (χ1v) is 4.33. The molecule has 0 aliphatic heterocycles. The molecule has 0 unspecified atom stereocenters. The summed E-state index contributed by atoms with van der Waals surface area (Å²) in [6, 6.07) is 0.400. The minimum atomic E-state index is 0.400. The maximum absolute atomic E-state index is 5.17. The van der Waals surface area contributed by atoms with E-state index < -0.39 is 0 Å². The lowest BCUT2D eigenvalue weighted by Gasteiger charge is -2.06. The van der Waals surface area contributed by atoms with Crippen LogP contribution in [0.15, 0.2) is 0 Å². The first kappa shape index (κ1) is 8.29. The van der Waals surface area contributed by atoms with Gasteiger partial charge in [0.25, 0.3) is 0 Å². The van der Waals surface area contributed by atoms with Gasteiger partial charge < -0.3 is 9.47 Å². The lowest BCUT2D eigenvalue weighted by Crippen LogP contribution is -2.01. The molecular weight excluding hydrogens is 168 g/mol. The summed E-state index contributed by atoms with van der Waals surface area (Å²) in [5.41, 5.74) is 2.21. The van der Waals surface area contributed by atoms with E-state index >= 15 is 0 Å². The van der Waals surface area contributed by atoms with Gasteiger partial charge in [0.15, 0.2) is 0 Å². The van der Waals surface area contributed by atoms with E-state index in [4.69, 9.17) is 9.47 Å². The number of fused-ring (bicyclic) bond motifs is 1. The number of hydrogen-bond acceptors (Lipinski definition) is 4. The molecule has 1 aromatic rings. The monoisotopic (exact) mass is 180 g/mol. The van der Waals surface area contributed by atoms with Gasteiger partial charge in [-0.05, 0) is 19.3 Å². The van der Waals surface area contributed by atoms with Crippen LogP contribution in [-0.2, 0) is 12.8 Å².